The zero-order valence-electron chi connectivity index (χ0n) is 27.9. The largest absolute Gasteiger partial charge is 0.422 e. The molecule has 0 fully saturated rings. The molecule has 0 unspecified atom stereocenters. The molecule has 3 aromatic carbocycles. The third-order valence-electron chi connectivity index (χ3n) is 8.96. The van der Waals surface area contributed by atoms with E-state index in [-0.39, 0.29) is 5.63 Å². The summed E-state index contributed by atoms with van der Waals surface area (Å²) in [5.41, 5.74) is 6.29. The van der Waals surface area contributed by atoms with Crippen LogP contribution in [0.2, 0.25) is 0 Å². The summed E-state index contributed by atoms with van der Waals surface area (Å²) in [5, 5.41) is 1.71. The molecule has 0 aliphatic rings. The van der Waals surface area contributed by atoms with Crippen molar-refractivity contribution in [1.82, 2.24) is 9.97 Å². The van der Waals surface area contributed by atoms with Gasteiger partial charge in [0.05, 0.1) is 39.8 Å². The summed E-state index contributed by atoms with van der Waals surface area (Å²) in [7, 11) is 0. The molecule has 4 heterocycles. The fraction of sp³-hybridized carbons (Fsp3) is 0.200. The Morgan fingerprint density at radius 3 is 1.59 bits per heavy atom. The molecule has 4 aromatic heterocycles. The Bertz CT molecular complexity index is 2220. The standard InChI is InChI=1S/C40H36N4O4S/c1-5-43(6-2)29-15-13-27-19-31(39(45)47-35(27)21-29)25-9-11-26(12-10-25)37-17-18-38(49-37)34-24-41-33(23-42-34)32-20-28-14-16-30(44(7-3)8-4)22-36(28)48-40(32)46/h9-24H,5-8H2,1-4H3. The Morgan fingerprint density at radius 2 is 1.04 bits per heavy atom. The lowest BCUT2D eigenvalue weighted by atomic mass is 10.0. The van der Waals surface area contributed by atoms with Crippen molar-refractivity contribution in [3.8, 4) is 43.4 Å². The summed E-state index contributed by atoms with van der Waals surface area (Å²) in [6.45, 7) is 11.9. The number of benzene rings is 3. The average Bonchev–Trinajstić information content (AvgIpc) is 3.63. The molecule has 7 rings (SSSR count). The lowest BCUT2D eigenvalue weighted by Gasteiger charge is -2.21. The van der Waals surface area contributed by atoms with Crippen molar-refractivity contribution >= 4 is 44.7 Å². The minimum absolute atomic E-state index is 0.358. The van der Waals surface area contributed by atoms with Gasteiger partial charge in [-0.1, -0.05) is 24.3 Å². The predicted octanol–water partition coefficient (Wildman–Crippen LogP) is 9.11. The first kappa shape index (κ1) is 32.0. The van der Waals surface area contributed by atoms with Crippen LogP contribution in [-0.2, 0) is 0 Å². The van der Waals surface area contributed by atoms with E-state index in [1.807, 2.05) is 78.9 Å². The summed E-state index contributed by atoms with van der Waals surface area (Å²) >= 11 is 1.60. The van der Waals surface area contributed by atoms with Crippen molar-refractivity contribution in [2.24, 2.45) is 0 Å². The molecular formula is C40H36N4O4S. The molecule has 0 amide bonds. The maximum atomic E-state index is 13.0. The molecule has 8 nitrogen and oxygen atoms in total. The second-order valence-electron chi connectivity index (χ2n) is 11.7. The predicted molar refractivity (Wildman–Crippen MR) is 201 cm³/mol. The highest BCUT2D eigenvalue weighted by Gasteiger charge is 2.14. The lowest BCUT2D eigenvalue weighted by molar-refractivity contribution is 0.563. The number of rotatable bonds is 10. The van der Waals surface area contributed by atoms with Crippen molar-refractivity contribution in [3.63, 3.8) is 0 Å². The first-order valence-electron chi connectivity index (χ1n) is 16.6. The van der Waals surface area contributed by atoms with E-state index in [1.165, 1.54) is 0 Å². The lowest BCUT2D eigenvalue weighted by Crippen LogP contribution is -2.21. The average molecular weight is 669 g/mol. The fourth-order valence-electron chi connectivity index (χ4n) is 6.19. The van der Waals surface area contributed by atoms with E-state index in [4.69, 9.17) is 8.83 Å². The molecule has 0 saturated carbocycles. The normalized spacial score (nSPS) is 11.3. The van der Waals surface area contributed by atoms with E-state index in [0.717, 1.165) is 69.2 Å². The van der Waals surface area contributed by atoms with Gasteiger partial charge in [0.25, 0.3) is 0 Å². The molecule has 7 aromatic rings. The van der Waals surface area contributed by atoms with Crippen LogP contribution < -0.4 is 21.1 Å². The van der Waals surface area contributed by atoms with Gasteiger partial charge >= 0.3 is 11.3 Å². The molecule has 0 saturated heterocycles. The molecule has 9 heteroatoms. The zero-order valence-corrected chi connectivity index (χ0v) is 28.7. The second kappa shape index (κ2) is 13.5. The van der Waals surface area contributed by atoms with Crippen LogP contribution in [0.5, 0.6) is 0 Å². The van der Waals surface area contributed by atoms with Crippen molar-refractivity contribution in [2.45, 2.75) is 27.7 Å². The smallest absolute Gasteiger partial charge is 0.345 e. The molecule has 0 radical (unpaired) electrons. The van der Waals surface area contributed by atoms with Crippen LogP contribution in [0.1, 0.15) is 27.7 Å². The van der Waals surface area contributed by atoms with Crippen molar-refractivity contribution in [1.29, 1.82) is 0 Å². The quantitative estimate of drug-likeness (QED) is 0.133. The summed E-state index contributed by atoms with van der Waals surface area (Å²) in [4.78, 5) is 41.6. The van der Waals surface area contributed by atoms with Gasteiger partial charge in [0, 0.05) is 65.3 Å². The Hall–Kier alpha value is -5.54. The maximum Gasteiger partial charge on any atom is 0.345 e. The van der Waals surface area contributed by atoms with E-state index in [9.17, 15) is 9.59 Å². The monoisotopic (exact) mass is 668 g/mol. The van der Waals surface area contributed by atoms with Crippen LogP contribution >= 0.6 is 11.3 Å². The summed E-state index contributed by atoms with van der Waals surface area (Å²) in [5.74, 6) is 0. The van der Waals surface area contributed by atoms with Crippen LogP contribution in [-0.4, -0.2) is 36.1 Å². The van der Waals surface area contributed by atoms with Gasteiger partial charge in [0.2, 0.25) is 0 Å². The van der Waals surface area contributed by atoms with Gasteiger partial charge in [-0.05, 0) is 87.4 Å². The number of thiophene rings is 1. The summed E-state index contributed by atoms with van der Waals surface area (Å²) in [6, 6.07) is 27.6. The number of hydrogen-bond acceptors (Lipinski definition) is 9. The van der Waals surface area contributed by atoms with Crippen LogP contribution in [0.4, 0.5) is 11.4 Å². The Labute approximate surface area is 287 Å². The van der Waals surface area contributed by atoms with Gasteiger partial charge in [-0.2, -0.15) is 0 Å². The summed E-state index contributed by atoms with van der Waals surface area (Å²) in [6.07, 6.45) is 3.30. The van der Waals surface area contributed by atoms with Crippen LogP contribution in [0.3, 0.4) is 0 Å². The van der Waals surface area contributed by atoms with E-state index < -0.39 is 5.63 Å². The van der Waals surface area contributed by atoms with E-state index >= 15 is 0 Å². The number of hydrogen-bond donors (Lipinski definition) is 0. The van der Waals surface area contributed by atoms with Crippen molar-refractivity contribution in [3.05, 3.63) is 118 Å². The van der Waals surface area contributed by atoms with Gasteiger partial charge in [-0.25, -0.2) is 9.59 Å². The minimum Gasteiger partial charge on any atom is -0.422 e. The van der Waals surface area contributed by atoms with E-state index in [2.05, 4.69) is 53.5 Å². The summed E-state index contributed by atoms with van der Waals surface area (Å²) < 4.78 is 11.5. The van der Waals surface area contributed by atoms with Crippen LogP contribution in [0.25, 0.3) is 65.3 Å². The van der Waals surface area contributed by atoms with Gasteiger partial charge in [-0.15, -0.1) is 11.3 Å². The highest BCUT2D eigenvalue weighted by Crippen LogP contribution is 2.35. The molecule has 0 bridgehead atoms. The molecule has 49 heavy (non-hydrogen) atoms. The molecule has 0 spiro atoms. The molecule has 246 valence electrons. The first-order chi connectivity index (χ1) is 23.9. The first-order valence-corrected chi connectivity index (χ1v) is 17.4. The number of nitrogens with zero attached hydrogens (tertiary/aromatic N) is 4. The highest BCUT2D eigenvalue weighted by atomic mass is 32.1. The number of aromatic nitrogens is 2. The topological polar surface area (TPSA) is 92.7 Å². The Kier molecular flexibility index (Phi) is 8.84. The zero-order chi connectivity index (χ0) is 34.1. The van der Waals surface area contributed by atoms with Crippen molar-refractivity contribution < 1.29 is 8.83 Å². The van der Waals surface area contributed by atoms with Gasteiger partial charge in [0.1, 0.15) is 11.2 Å². The van der Waals surface area contributed by atoms with Gasteiger partial charge < -0.3 is 18.6 Å². The SMILES string of the molecule is CCN(CC)c1ccc2cc(-c3ccc(-c4ccc(-c5cnc(-c6cc7ccc(N(CC)CC)cc7oc6=O)cn5)s4)cc3)c(=O)oc2c1. The maximum absolute atomic E-state index is 13.0. The molecule has 0 aliphatic heterocycles. The highest BCUT2D eigenvalue weighted by molar-refractivity contribution is 7.18. The number of anilines is 2. The third kappa shape index (κ3) is 6.25. The molecule has 0 aliphatic carbocycles. The Balaban J connectivity index is 1.09. The fourth-order valence-corrected chi connectivity index (χ4v) is 7.16. The number of fused-ring (bicyclic) bond motifs is 2. The molecule has 0 atom stereocenters. The van der Waals surface area contributed by atoms with Gasteiger partial charge in [0.15, 0.2) is 0 Å². The van der Waals surface area contributed by atoms with Crippen LogP contribution in [0, 0.1) is 0 Å². The van der Waals surface area contributed by atoms with Crippen molar-refractivity contribution in [2.75, 3.05) is 36.0 Å². The van der Waals surface area contributed by atoms with E-state index in [0.29, 0.717) is 33.7 Å². The molecular weight excluding hydrogens is 633 g/mol. The Morgan fingerprint density at radius 1 is 0.551 bits per heavy atom. The minimum atomic E-state index is -0.445. The second-order valence-corrected chi connectivity index (χ2v) is 12.8. The molecule has 0 N–H and O–H groups in total. The third-order valence-corrected chi connectivity index (χ3v) is 10.1. The van der Waals surface area contributed by atoms with Crippen LogP contribution in [0.15, 0.2) is 116 Å². The van der Waals surface area contributed by atoms with Gasteiger partial charge in [-0.3, -0.25) is 9.97 Å². The van der Waals surface area contributed by atoms with E-state index in [1.54, 1.807) is 23.7 Å².